The minimum absolute atomic E-state index is 0.0746. The lowest BCUT2D eigenvalue weighted by Crippen LogP contribution is -2.43. The van der Waals surface area contributed by atoms with Crippen LogP contribution in [0.4, 0.5) is 13.2 Å². The van der Waals surface area contributed by atoms with Crippen molar-refractivity contribution in [2.45, 2.75) is 12.1 Å². The molecular weight excluding hydrogens is 375 g/mol. The molecule has 2 atom stereocenters. The molecule has 1 aromatic rings. The average Bonchev–Trinajstić information content (AvgIpc) is 2.94. The van der Waals surface area contributed by atoms with Crippen LogP contribution in [-0.4, -0.2) is 37.3 Å². The third-order valence-electron chi connectivity index (χ3n) is 4.65. The van der Waals surface area contributed by atoms with E-state index in [1.807, 2.05) is 0 Å². The van der Waals surface area contributed by atoms with Gasteiger partial charge in [-0.2, -0.15) is 13.2 Å². The number of rotatable bonds is 1. The summed E-state index contributed by atoms with van der Waals surface area (Å²) < 4.78 is 49.9. The van der Waals surface area contributed by atoms with Gasteiger partial charge in [0.25, 0.3) is 0 Å². The zero-order valence-electron chi connectivity index (χ0n) is 13.1. The summed E-state index contributed by atoms with van der Waals surface area (Å²) in [7, 11) is 0. The Morgan fingerprint density at radius 3 is 2.62 bits per heavy atom. The molecule has 3 aliphatic heterocycles. The van der Waals surface area contributed by atoms with Crippen molar-refractivity contribution in [1.82, 2.24) is 0 Å². The number of aliphatic imine (C=N–C) groups is 1. The van der Waals surface area contributed by atoms with Crippen molar-refractivity contribution in [1.29, 1.82) is 0 Å². The van der Waals surface area contributed by atoms with E-state index < -0.39 is 34.6 Å². The van der Waals surface area contributed by atoms with Gasteiger partial charge in [0, 0.05) is 5.92 Å². The van der Waals surface area contributed by atoms with Crippen LogP contribution >= 0.6 is 11.6 Å². The highest BCUT2D eigenvalue weighted by molar-refractivity contribution is 6.31. The van der Waals surface area contributed by atoms with E-state index in [1.165, 1.54) is 6.07 Å². The van der Waals surface area contributed by atoms with Gasteiger partial charge in [-0.1, -0.05) is 17.7 Å². The molecule has 0 aromatic heterocycles. The molecule has 26 heavy (non-hydrogen) atoms. The van der Waals surface area contributed by atoms with E-state index in [1.54, 1.807) is 0 Å². The first-order valence-corrected chi connectivity index (χ1v) is 8.10. The number of carbonyl (C=O) groups is 2. The van der Waals surface area contributed by atoms with Crippen LogP contribution in [0.1, 0.15) is 17.0 Å². The Morgan fingerprint density at radius 1 is 1.12 bits per heavy atom. The molecule has 1 aromatic carbocycles. The van der Waals surface area contributed by atoms with Crippen LogP contribution in [0.25, 0.3) is 0 Å². The van der Waals surface area contributed by atoms with Crippen LogP contribution in [-0.2, 0) is 25.2 Å². The molecule has 9 heteroatoms. The molecule has 0 amide bonds. The van der Waals surface area contributed by atoms with Crippen LogP contribution in [0.3, 0.4) is 0 Å². The van der Waals surface area contributed by atoms with Crippen molar-refractivity contribution in [3.8, 4) is 0 Å². The van der Waals surface area contributed by atoms with Crippen molar-refractivity contribution < 1.29 is 32.2 Å². The average molecular weight is 386 g/mol. The third-order valence-corrected chi connectivity index (χ3v) is 4.98. The van der Waals surface area contributed by atoms with Crippen molar-refractivity contribution in [2.75, 3.05) is 19.8 Å². The highest BCUT2D eigenvalue weighted by Crippen LogP contribution is 2.45. The highest BCUT2D eigenvalue weighted by Gasteiger charge is 2.47. The van der Waals surface area contributed by atoms with E-state index >= 15 is 0 Å². The van der Waals surface area contributed by atoms with E-state index in [9.17, 15) is 22.8 Å². The number of ketones is 1. The van der Waals surface area contributed by atoms with Crippen LogP contribution in [0.5, 0.6) is 0 Å². The Morgan fingerprint density at radius 2 is 1.88 bits per heavy atom. The SMILES string of the molecule is O=C1OCC2=C1C(c1ccc(Cl)c(C(F)(F)F)c1)C1C(=O)COCC1=N2. The fourth-order valence-corrected chi connectivity index (χ4v) is 3.79. The van der Waals surface area contributed by atoms with Gasteiger partial charge in [-0.25, -0.2) is 4.79 Å². The van der Waals surface area contributed by atoms with Crippen LogP contribution in [0.2, 0.25) is 5.02 Å². The fourth-order valence-electron chi connectivity index (χ4n) is 3.56. The second-order valence-electron chi connectivity index (χ2n) is 6.19. The zero-order valence-corrected chi connectivity index (χ0v) is 13.9. The van der Waals surface area contributed by atoms with Gasteiger partial charge in [0.2, 0.25) is 0 Å². The first kappa shape index (κ1) is 17.2. The molecule has 0 N–H and O–H groups in total. The highest BCUT2D eigenvalue weighted by atomic mass is 35.5. The van der Waals surface area contributed by atoms with Crippen molar-refractivity contribution in [2.24, 2.45) is 10.9 Å². The van der Waals surface area contributed by atoms with E-state index in [2.05, 4.69) is 4.99 Å². The van der Waals surface area contributed by atoms with Gasteiger partial charge in [-0.15, -0.1) is 0 Å². The Labute approximate surface area is 150 Å². The fraction of sp³-hybridized carbons (Fsp3) is 0.353. The molecule has 0 radical (unpaired) electrons. The summed E-state index contributed by atoms with van der Waals surface area (Å²) in [4.78, 5) is 28.9. The van der Waals surface area contributed by atoms with E-state index in [4.69, 9.17) is 21.1 Å². The summed E-state index contributed by atoms with van der Waals surface area (Å²) in [5.41, 5.74) is -0.00112. The third kappa shape index (κ3) is 2.64. The van der Waals surface area contributed by atoms with Crippen LogP contribution < -0.4 is 0 Å². The smallest absolute Gasteiger partial charge is 0.417 e. The standard InChI is InChI=1S/C17H11ClF3NO4/c18-9-2-1-7(3-8(9)17(19,20)21)13-14-10(4-25-6-12(14)23)22-11-5-26-16(24)15(11)13/h1-3,13-14H,4-6H2. The number of ether oxygens (including phenoxy) is 2. The molecule has 2 unspecified atom stereocenters. The Bertz CT molecular complexity index is 890. The van der Waals surface area contributed by atoms with Gasteiger partial charge in [0.1, 0.15) is 13.2 Å². The number of esters is 1. The zero-order chi connectivity index (χ0) is 18.6. The molecular formula is C17H11ClF3NO4. The Kier molecular flexibility index (Phi) is 3.92. The van der Waals surface area contributed by atoms with E-state index in [0.717, 1.165) is 12.1 Å². The minimum Gasteiger partial charge on any atom is -0.456 e. The van der Waals surface area contributed by atoms with Crippen molar-refractivity contribution in [3.05, 3.63) is 45.6 Å². The number of carbonyl (C=O) groups excluding carboxylic acids is 2. The molecule has 136 valence electrons. The second kappa shape index (κ2) is 5.92. The predicted molar refractivity (Wildman–Crippen MR) is 83.9 cm³/mol. The van der Waals surface area contributed by atoms with Gasteiger partial charge in [0.15, 0.2) is 5.78 Å². The molecule has 0 aliphatic carbocycles. The van der Waals surface area contributed by atoms with Crippen LogP contribution in [0, 0.1) is 5.92 Å². The monoisotopic (exact) mass is 385 g/mol. The molecule has 0 bridgehead atoms. The number of nitrogens with zero attached hydrogens (tertiary/aromatic N) is 1. The molecule has 4 rings (SSSR count). The first-order valence-electron chi connectivity index (χ1n) is 7.72. The topological polar surface area (TPSA) is 65.0 Å². The number of cyclic esters (lactones) is 1. The maximum atomic E-state index is 13.3. The summed E-state index contributed by atoms with van der Waals surface area (Å²) in [6.07, 6.45) is -4.66. The second-order valence-corrected chi connectivity index (χ2v) is 6.60. The van der Waals surface area contributed by atoms with Gasteiger partial charge in [0.05, 0.1) is 40.1 Å². The molecule has 3 aliphatic rings. The number of Topliss-reactive ketones (excluding diaryl/α,β-unsaturated/α-hetero) is 1. The largest absolute Gasteiger partial charge is 0.456 e. The summed E-state index contributed by atoms with van der Waals surface area (Å²) in [5.74, 6) is -2.76. The van der Waals surface area contributed by atoms with Gasteiger partial charge >= 0.3 is 12.1 Å². The molecule has 1 saturated heterocycles. The molecule has 3 heterocycles. The summed E-state index contributed by atoms with van der Waals surface area (Å²) in [5, 5.41) is -0.451. The van der Waals surface area contributed by atoms with Gasteiger partial charge in [-0.3, -0.25) is 9.79 Å². The summed E-state index contributed by atoms with van der Waals surface area (Å²) >= 11 is 5.69. The molecule has 5 nitrogen and oxygen atoms in total. The predicted octanol–water partition coefficient (Wildman–Crippen LogP) is 2.92. The molecule has 0 spiro atoms. The van der Waals surface area contributed by atoms with E-state index in [-0.39, 0.29) is 36.7 Å². The van der Waals surface area contributed by atoms with Crippen LogP contribution in [0.15, 0.2) is 34.5 Å². The molecule has 1 fully saturated rings. The van der Waals surface area contributed by atoms with Gasteiger partial charge in [-0.05, 0) is 17.7 Å². The number of alkyl halides is 3. The maximum Gasteiger partial charge on any atom is 0.417 e. The first-order chi connectivity index (χ1) is 12.3. The lowest BCUT2D eigenvalue weighted by molar-refractivity contribution is -0.137. The van der Waals surface area contributed by atoms with Crippen molar-refractivity contribution in [3.63, 3.8) is 0 Å². The number of halogens is 4. The lowest BCUT2D eigenvalue weighted by atomic mass is 9.73. The number of hydrogen-bond donors (Lipinski definition) is 0. The number of fused-ring (bicyclic) bond motifs is 1. The normalized spacial score (nSPS) is 25.6. The minimum atomic E-state index is -4.66. The summed E-state index contributed by atoms with van der Waals surface area (Å²) in [6, 6.07) is 3.40. The maximum absolute atomic E-state index is 13.3. The summed E-state index contributed by atoms with van der Waals surface area (Å²) in [6.45, 7) is -0.177. The Balaban J connectivity index is 1.89. The van der Waals surface area contributed by atoms with Crippen molar-refractivity contribution >= 4 is 29.1 Å². The quantitative estimate of drug-likeness (QED) is 0.697. The molecule has 0 saturated carbocycles. The lowest BCUT2D eigenvalue weighted by Gasteiger charge is -2.34. The number of hydrogen-bond acceptors (Lipinski definition) is 5. The van der Waals surface area contributed by atoms with Gasteiger partial charge < -0.3 is 9.47 Å². The number of benzene rings is 1. The van der Waals surface area contributed by atoms with E-state index in [0.29, 0.717) is 11.4 Å². The Hall–Kier alpha value is -2.19.